The van der Waals surface area contributed by atoms with Gasteiger partial charge in [-0.3, -0.25) is 4.79 Å². The van der Waals surface area contributed by atoms with Crippen molar-refractivity contribution in [2.24, 2.45) is 5.73 Å². The Kier molecular flexibility index (Phi) is 4.43. The summed E-state index contributed by atoms with van der Waals surface area (Å²) in [6, 6.07) is 8.15. The molecule has 0 spiro atoms. The summed E-state index contributed by atoms with van der Waals surface area (Å²) in [5.41, 5.74) is 8.32. The molecule has 4 heteroatoms. The van der Waals surface area contributed by atoms with E-state index in [1.54, 1.807) is 0 Å². The minimum absolute atomic E-state index is 0.0893. The molecule has 0 aliphatic carbocycles. The Morgan fingerprint density at radius 2 is 2.00 bits per heavy atom. The number of hydrogen-bond donors (Lipinski definition) is 1. The fraction of sp³-hybridized carbons (Fsp3) is 0.533. The van der Waals surface area contributed by atoms with Crippen LogP contribution in [0.5, 0.6) is 0 Å². The molecule has 4 nitrogen and oxygen atoms in total. The topological polar surface area (TPSA) is 49.6 Å². The van der Waals surface area contributed by atoms with Crippen molar-refractivity contribution in [2.75, 3.05) is 31.1 Å². The molecule has 1 aromatic carbocycles. The summed E-state index contributed by atoms with van der Waals surface area (Å²) in [4.78, 5) is 16.2. The molecule has 1 aliphatic heterocycles. The van der Waals surface area contributed by atoms with Crippen LogP contribution in [-0.2, 0) is 4.79 Å². The van der Waals surface area contributed by atoms with Gasteiger partial charge in [-0.15, -0.1) is 0 Å². The molecule has 1 amide bonds. The highest BCUT2D eigenvalue weighted by atomic mass is 16.2. The van der Waals surface area contributed by atoms with E-state index >= 15 is 0 Å². The third kappa shape index (κ3) is 3.26. The van der Waals surface area contributed by atoms with Crippen LogP contribution in [-0.4, -0.2) is 43.0 Å². The second-order valence-electron chi connectivity index (χ2n) is 5.17. The number of nitrogens with zero attached hydrogens (tertiary/aromatic N) is 2. The number of piperazine rings is 1. The summed E-state index contributed by atoms with van der Waals surface area (Å²) in [5, 5.41) is 0. The van der Waals surface area contributed by atoms with Crippen LogP contribution in [0.4, 0.5) is 5.69 Å². The normalized spacial score (nSPS) is 17.4. The van der Waals surface area contributed by atoms with Crippen molar-refractivity contribution in [2.45, 2.75) is 26.3 Å². The number of hydrogen-bond acceptors (Lipinski definition) is 3. The molecule has 1 heterocycles. The number of nitrogens with two attached hydrogens (primary N) is 1. The van der Waals surface area contributed by atoms with Gasteiger partial charge in [-0.05, 0) is 31.0 Å². The summed E-state index contributed by atoms with van der Waals surface area (Å²) in [7, 11) is 0. The van der Waals surface area contributed by atoms with Gasteiger partial charge in [0.2, 0.25) is 5.91 Å². The first kappa shape index (κ1) is 13.9. The van der Waals surface area contributed by atoms with Crippen LogP contribution in [0.2, 0.25) is 0 Å². The largest absolute Gasteiger partial charge is 0.368 e. The second-order valence-corrected chi connectivity index (χ2v) is 5.17. The Hall–Kier alpha value is -1.55. The quantitative estimate of drug-likeness (QED) is 0.894. The predicted octanol–water partition coefficient (Wildman–Crippen LogP) is 1.38. The van der Waals surface area contributed by atoms with Gasteiger partial charge in [0.1, 0.15) is 0 Å². The number of aryl methyl sites for hydroxylation is 1. The van der Waals surface area contributed by atoms with Crippen molar-refractivity contribution in [3.05, 3.63) is 29.8 Å². The third-order valence-corrected chi connectivity index (χ3v) is 3.72. The first-order chi connectivity index (χ1) is 9.11. The van der Waals surface area contributed by atoms with Crippen LogP contribution in [0, 0.1) is 6.92 Å². The molecule has 104 valence electrons. The Balaban J connectivity index is 1.94. The smallest absolute Gasteiger partial charge is 0.239 e. The lowest BCUT2D eigenvalue weighted by Gasteiger charge is -2.37. The van der Waals surface area contributed by atoms with E-state index in [0.717, 1.165) is 26.2 Å². The molecular formula is C15H23N3O. The standard InChI is InChI=1S/C15H23N3O/c1-3-14(16)15(19)18-9-7-17(8-10-18)13-6-4-5-12(2)11-13/h4-6,11,14H,3,7-10,16H2,1-2H3/t14-/m1/s1. The maximum absolute atomic E-state index is 12.0. The van der Waals surface area contributed by atoms with Gasteiger partial charge < -0.3 is 15.5 Å². The van der Waals surface area contributed by atoms with E-state index in [2.05, 4.69) is 36.1 Å². The zero-order valence-corrected chi connectivity index (χ0v) is 11.8. The van der Waals surface area contributed by atoms with Gasteiger partial charge in [-0.1, -0.05) is 19.1 Å². The van der Waals surface area contributed by atoms with Crippen LogP contribution in [0.15, 0.2) is 24.3 Å². The Morgan fingerprint density at radius 3 is 2.58 bits per heavy atom. The molecule has 0 aromatic heterocycles. The van der Waals surface area contributed by atoms with E-state index in [-0.39, 0.29) is 11.9 Å². The molecule has 2 rings (SSSR count). The minimum Gasteiger partial charge on any atom is -0.368 e. The van der Waals surface area contributed by atoms with E-state index < -0.39 is 0 Å². The fourth-order valence-corrected chi connectivity index (χ4v) is 2.42. The summed E-state index contributed by atoms with van der Waals surface area (Å²) < 4.78 is 0. The zero-order valence-electron chi connectivity index (χ0n) is 11.8. The molecule has 19 heavy (non-hydrogen) atoms. The number of amides is 1. The third-order valence-electron chi connectivity index (χ3n) is 3.72. The highest BCUT2D eigenvalue weighted by Crippen LogP contribution is 2.18. The Labute approximate surface area is 115 Å². The van der Waals surface area contributed by atoms with E-state index in [9.17, 15) is 4.79 Å². The number of rotatable bonds is 3. The lowest BCUT2D eigenvalue weighted by Crippen LogP contribution is -2.53. The average Bonchev–Trinajstić information content (AvgIpc) is 2.46. The number of carbonyl (C=O) groups excluding carboxylic acids is 1. The first-order valence-corrected chi connectivity index (χ1v) is 6.97. The van der Waals surface area contributed by atoms with Gasteiger partial charge in [-0.25, -0.2) is 0 Å². The monoisotopic (exact) mass is 261 g/mol. The highest BCUT2D eigenvalue weighted by molar-refractivity contribution is 5.81. The van der Waals surface area contributed by atoms with Crippen molar-refractivity contribution in [1.29, 1.82) is 0 Å². The van der Waals surface area contributed by atoms with E-state index in [4.69, 9.17) is 5.73 Å². The second kappa shape index (κ2) is 6.06. The van der Waals surface area contributed by atoms with Gasteiger partial charge in [0.15, 0.2) is 0 Å². The van der Waals surface area contributed by atoms with Crippen LogP contribution in [0.1, 0.15) is 18.9 Å². The number of benzene rings is 1. The first-order valence-electron chi connectivity index (χ1n) is 6.97. The summed E-state index contributed by atoms with van der Waals surface area (Å²) in [5.74, 6) is 0.0893. The van der Waals surface area contributed by atoms with Crippen molar-refractivity contribution >= 4 is 11.6 Å². The van der Waals surface area contributed by atoms with Gasteiger partial charge in [0.05, 0.1) is 6.04 Å². The molecular weight excluding hydrogens is 238 g/mol. The van der Waals surface area contributed by atoms with Crippen LogP contribution in [0.3, 0.4) is 0 Å². The van der Waals surface area contributed by atoms with Crippen LogP contribution >= 0.6 is 0 Å². The van der Waals surface area contributed by atoms with Crippen molar-refractivity contribution in [1.82, 2.24) is 4.90 Å². The molecule has 1 atom stereocenters. The van der Waals surface area contributed by atoms with Gasteiger partial charge in [-0.2, -0.15) is 0 Å². The maximum Gasteiger partial charge on any atom is 0.239 e. The highest BCUT2D eigenvalue weighted by Gasteiger charge is 2.24. The van der Waals surface area contributed by atoms with Gasteiger partial charge in [0.25, 0.3) is 0 Å². The molecule has 0 bridgehead atoms. The number of carbonyl (C=O) groups is 1. The molecule has 0 unspecified atom stereocenters. The zero-order chi connectivity index (χ0) is 13.8. The van der Waals surface area contributed by atoms with E-state index in [0.29, 0.717) is 6.42 Å². The van der Waals surface area contributed by atoms with Crippen molar-refractivity contribution in [3.8, 4) is 0 Å². The number of anilines is 1. The molecule has 0 radical (unpaired) electrons. The molecule has 1 aromatic rings. The fourth-order valence-electron chi connectivity index (χ4n) is 2.42. The summed E-state index contributed by atoms with van der Waals surface area (Å²) >= 11 is 0. The lowest BCUT2D eigenvalue weighted by molar-refractivity contribution is -0.132. The molecule has 0 saturated carbocycles. The predicted molar refractivity (Wildman–Crippen MR) is 78.2 cm³/mol. The van der Waals surface area contributed by atoms with Crippen molar-refractivity contribution in [3.63, 3.8) is 0 Å². The summed E-state index contributed by atoms with van der Waals surface area (Å²) in [6.45, 7) is 7.34. The minimum atomic E-state index is -0.342. The van der Waals surface area contributed by atoms with E-state index in [1.165, 1.54) is 11.3 Å². The Bertz CT molecular complexity index is 439. The molecule has 1 aliphatic rings. The average molecular weight is 261 g/mol. The summed E-state index contributed by atoms with van der Waals surface area (Å²) in [6.07, 6.45) is 0.705. The van der Waals surface area contributed by atoms with E-state index in [1.807, 2.05) is 11.8 Å². The molecule has 1 fully saturated rings. The van der Waals surface area contributed by atoms with Crippen LogP contribution < -0.4 is 10.6 Å². The van der Waals surface area contributed by atoms with Crippen LogP contribution in [0.25, 0.3) is 0 Å². The SMILES string of the molecule is CC[C@@H](N)C(=O)N1CCN(c2cccc(C)c2)CC1. The Morgan fingerprint density at radius 1 is 1.32 bits per heavy atom. The van der Waals surface area contributed by atoms with Gasteiger partial charge in [0, 0.05) is 31.9 Å². The maximum atomic E-state index is 12.0. The van der Waals surface area contributed by atoms with Gasteiger partial charge >= 0.3 is 0 Å². The van der Waals surface area contributed by atoms with Crippen molar-refractivity contribution < 1.29 is 4.79 Å². The molecule has 2 N–H and O–H groups in total. The molecule has 1 saturated heterocycles. The lowest BCUT2D eigenvalue weighted by atomic mass is 10.1.